The number of hydrogen-bond acceptors (Lipinski definition) is 5. The Morgan fingerprint density at radius 1 is 1.06 bits per heavy atom. The Morgan fingerprint density at radius 3 is 2.71 bits per heavy atom. The van der Waals surface area contributed by atoms with E-state index in [0.29, 0.717) is 37.3 Å². The van der Waals surface area contributed by atoms with Gasteiger partial charge in [0.2, 0.25) is 5.17 Å². The number of amidine groups is 2. The van der Waals surface area contributed by atoms with Crippen molar-refractivity contribution in [2.75, 3.05) is 0 Å². The Kier molecular flexibility index (Phi) is 5.02. The Morgan fingerprint density at radius 2 is 1.90 bits per heavy atom. The number of halogens is 2. The van der Waals surface area contributed by atoms with E-state index in [1.54, 1.807) is 30.3 Å². The first-order chi connectivity index (χ1) is 15.0. The summed E-state index contributed by atoms with van der Waals surface area (Å²) in [6.45, 7) is 0. The van der Waals surface area contributed by atoms with E-state index >= 15 is 0 Å². The first-order valence-corrected chi connectivity index (χ1v) is 10.7. The van der Waals surface area contributed by atoms with Gasteiger partial charge in [-0.05, 0) is 48.2 Å². The third-order valence-electron chi connectivity index (χ3n) is 4.58. The third-order valence-corrected chi connectivity index (χ3v) is 6.09. The molecule has 0 saturated heterocycles. The Bertz CT molecular complexity index is 1340. The van der Waals surface area contributed by atoms with E-state index in [1.165, 1.54) is 22.8 Å². The van der Waals surface area contributed by atoms with Crippen LogP contribution in [0, 0.1) is 5.41 Å². The molecule has 6 nitrogen and oxygen atoms in total. The zero-order valence-electron chi connectivity index (χ0n) is 15.7. The van der Waals surface area contributed by atoms with Gasteiger partial charge >= 0.3 is 0 Å². The molecular weight excluding hydrogens is 455 g/mol. The quantitative estimate of drug-likeness (QED) is 0.485. The topological polar surface area (TPSA) is 82.0 Å². The molecule has 0 fully saturated rings. The van der Waals surface area contributed by atoms with Crippen LogP contribution in [0.25, 0.3) is 17.4 Å². The van der Waals surface area contributed by atoms with Gasteiger partial charge in [0.05, 0.1) is 10.6 Å². The van der Waals surface area contributed by atoms with E-state index < -0.39 is 5.91 Å². The maximum absolute atomic E-state index is 12.6. The molecule has 1 aromatic heterocycles. The van der Waals surface area contributed by atoms with Crippen molar-refractivity contribution in [2.24, 2.45) is 10.1 Å². The predicted molar refractivity (Wildman–Crippen MR) is 125 cm³/mol. The minimum absolute atomic E-state index is 0.0785. The Hall–Kier alpha value is -3.13. The molecule has 5 rings (SSSR count). The number of aliphatic imine (C=N–C) groups is 1. The lowest BCUT2D eigenvalue weighted by Gasteiger charge is -2.19. The number of rotatable bonds is 3. The van der Waals surface area contributed by atoms with Gasteiger partial charge in [0.1, 0.15) is 16.6 Å². The summed E-state index contributed by atoms with van der Waals surface area (Å²) in [5, 5.41) is 16.3. The fraction of sp³-hybridized carbons (Fsp3) is 0. The molecule has 0 radical (unpaired) electrons. The number of carbonyl (C=O) groups excluding carboxylic acids is 1. The van der Waals surface area contributed by atoms with Crippen molar-refractivity contribution in [3.63, 3.8) is 0 Å². The molecule has 0 spiro atoms. The number of nitrogens with one attached hydrogen (secondary N) is 1. The molecule has 0 saturated carbocycles. The molecule has 0 atom stereocenters. The fourth-order valence-electron chi connectivity index (χ4n) is 3.11. The molecular formula is C22H12Cl2N4O2S. The molecule has 0 bridgehead atoms. The van der Waals surface area contributed by atoms with Crippen LogP contribution in [0.5, 0.6) is 0 Å². The molecule has 2 aromatic carbocycles. The summed E-state index contributed by atoms with van der Waals surface area (Å²) in [6, 6.07) is 18.0. The first-order valence-electron chi connectivity index (χ1n) is 9.10. The highest BCUT2D eigenvalue weighted by Gasteiger charge is 2.36. The zero-order valence-corrected chi connectivity index (χ0v) is 18.0. The molecule has 3 heterocycles. The predicted octanol–water partition coefficient (Wildman–Crippen LogP) is 5.92. The van der Waals surface area contributed by atoms with Gasteiger partial charge in [0.15, 0.2) is 5.84 Å². The van der Waals surface area contributed by atoms with Gasteiger partial charge in [-0.15, -0.1) is 0 Å². The number of hydrazone groups is 1. The normalized spacial score (nSPS) is 17.1. The van der Waals surface area contributed by atoms with Gasteiger partial charge in [-0.3, -0.25) is 10.2 Å². The van der Waals surface area contributed by atoms with Crippen LogP contribution in [0.1, 0.15) is 11.3 Å². The zero-order chi connectivity index (χ0) is 21.5. The van der Waals surface area contributed by atoms with Gasteiger partial charge in [-0.25, -0.2) is 0 Å². The van der Waals surface area contributed by atoms with Gasteiger partial charge in [-0.2, -0.15) is 15.1 Å². The van der Waals surface area contributed by atoms with Gasteiger partial charge in [-0.1, -0.05) is 53.5 Å². The van der Waals surface area contributed by atoms with Crippen molar-refractivity contribution < 1.29 is 9.21 Å². The number of thioether (sulfide) groups is 1. The fourth-order valence-corrected chi connectivity index (χ4v) is 4.51. The molecule has 1 N–H and O–H groups in total. The maximum atomic E-state index is 12.6. The number of hydrogen-bond donors (Lipinski definition) is 1. The molecule has 0 unspecified atom stereocenters. The Balaban J connectivity index is 1.46. The number of furan rings is 1. The highest BCUT2D eigenvalue weighted by molar-refractivity contribution is 8.27. The minimum Gasteiger partial charge on any atom is -0.457 e. The van der Waals surface area contributed by atoms with E-state index in [4.69, 9.17) is 33.0 Å². The summed E-state index contributed by atoms with van der Waals surface area (Å²) in [7, 11) is 0. The lowest BCUT2D eigenvalue weighted by molar-refractivity contribution is -0.114. The van der Waals surface area contributed by atoms with Crippen LogP contribution >= 0.6 is 35.0 Å². The standard InChI is InChI=1S/C22H12Cl2N4O2S/c23-13-5-3-4-12(10-13)18-9-8-14(30-18)11-16-19(25)28-22(26-20(16)29)31-21(27-28)15-6-1-2-7-17(15)24/h1-11,25H. The summed E-state index contributed by atoms with van der Waals surface area (Å²) in [5.74, 6) is 0.415. The number of fused-ring (bicyclic) bond motifs is 1. The van der Waals surface area contributed by atoms with Crippen LogP contribution in [-0.2, 0) is 4.79 Å². The molecule has 1 amide bonds. The smallest absolute Gasteiger partial charge is 0.283 e. The van der Waals surface area contributed by atoms with E-state index in [2.05, 4.69) is 10.1 Å². The van der Waals surface area contributed by atoms with Crippen LogP contribution in [0.2, 0.25) is 10.0 Å². The number of benzene rings is 2. The molecule has 3 aromatic rings. The van der Waals surface area contributed by atoms with Crippen LogP contribution in [-0.4, -0.2) is 27.0 Å². The Labute approximate surface area is 191 Å². The second-order valence-electron chi connectivity index (χ2n) is 6.62. The molecule has 31 heavy (non-hydrogen) atoms. The number of carbonyl (C=O) groups is 1. The second kappa shape index (κ2) is 7.85. The third kappa shape index (κ3) is 3.72. The minimum atomic E-state index is -0.528. The van der Waals surface area contributed by atoms with Crippen molar-refractivity contribution in [3.8, 4) is 11.3 Å². The molecule has 2 aliphatic rings. The first kappa shape index (κ1) is 19.8. The molecule has 0 aliphatic carbocycles. The lowest BCUT2D eigenvalue weighted by Crippen LogP contribution is -2.35. The molecule has 9 heteroatoms. The summed E-state index contributed by atoms with van der Waals surface area (Å²) in [6.07, 6.45) is 1.49. The molecule has 152 valence electrons. The number of nitrogens with zero attached hydrogens (tertiary/aromatic N) is 3. The van der Waals surface area contributed by atoms with Crippen molar-refractivity contribution in [1.82, 2.24) is 5.01 Å². The summed E-state index contributed by atoms with van der Waals surface area (Å²) in [4.78, 5) is 16.7. The van der Waals surface area contributed by atoms with Crippen LogP contribution in [0.4, 0.5) is 0 Å². The lowest BCUT2D eigenvalue weighted by atomic mass is 10.1. The van der Waals surface area contributed by atoms with E-state index in [0.717, 1.165) is 5.56 Å². The van der Waals surface area contributed by atoms with E-state index in [1.807, 2.05) is 30.3 Å². The van der Waals surface area contributed by atoms with E-state index in [-0.39, 0.29) is 11.4 Å². The van der Waals surface area contributed by atoms with Crippen molar-refractivity contribution in [2.45, 2.75) is 0 Å². The maximum Gasteiger partial charge on any atom is 0.283 e. The summed E-state index contributed by atoms with van der Waals surface area (Å²) in [5.41, 5.74) is 1.61. The second-order valence-corrected chi connectivity index (χ2v) is 8.42. The van der Waals surface area contributed by atoms with Crippen molar-refractivity contribution in [3.05, 3.63) is 87.6 Å². The number of amides is 1. The highest BCUT2D eigenvalue weighted by atomic mass is 35.5. The van der Waals surface area contributed by atoms with Crippen LogP contribution in [0.15, 0.2) is 80.7 Å². The largest absolute Gasteiger partial charge is 0.457 e. The highest BCUT2D eigenvalue weighted by Crippen LogP contribution is 2.33. The van der Waals surface area contributed by atoms with Gasteiger partial charge in [0, 0.05) is 16.1 Å². The van der Waals surface area contributed by atoms with Crippen LogP contribution in [0.3, 0.4) is 0 Å². The monoisotopic (exact) mass is 466 g/mol. The van der Waals surface area contributed by atoms with Crippen molar-refractivity contribution in [1.29, 1.82) is 5.41 Å². The van der Waals surface area contributed by atoms with Crippen molar-refractivity contribution >= 4 is 63.0 Å². The van der Waals surface area contributed by atoms with Gasteiger partial charge < -0.3 is 4.42 Å². The summed E-state index contributed by atoms with van der Waals surface area (Å²) >= 11 is 13.5. The van der Waals surface area contributed by atoms with E-state index in [9.17, 15) is 4.79 Å². The average Bonchev–Trinajstić information content (AvgIpc) is 3.39. The SMILES string of the molecule is N=C1C(=Cc2ccc(-c3cccc(Cl)c3)o2)C(=O)N=C2SC(c3ccccc3Cl)=NN12. The van der Waals surface area contributed by atoms with Gasteiger partial charge in [0.25, 0.3) is 5.91 Å². The summed E-state index contributed by atoms with van der Waals surface area (Å²) < 4.78 is 5.83. The van der Waals surface area contributed by atoms with Crippen LogP contribution < -0.4 is 0 Å². The average molecular weight is 467 g/mol. The molecule has 2 aliphatic heterocycles.